The Morgan fingerprint density at radius 1 is 1.05 bits per heavy atom. The van der Waals surface area contributed by atoms with Gasteiger partial charge in [0.2, 0.25) is 11.9 Å². The maximum Gasteiger partial charge on any atom is 0.227 e. The second-order valence-electron chi connectivity index (χ2n) is 10.1. The van der Waals surface area contributed by atoms with Gasteiger partial charge in [0.25, 0.3) is 0 Å². The van der Waals surface area contributed by atoms with E-state index in [1.165, 1.54) is 18.6 Å². The SMILES string of the molecule is COc1cnc(N2CCC(C3CC3CCOc3cc(F)c(CC(=O)N4CCOCC4)c(F)c3)CC2)nc1. The van der Waals surface area contributed by atoms with Gasteiger partial charge in [-0.3, -0.25) is 4.79 Å². The van der Waals surface area contributed by atoms with Gasteiger partial charge in [-0.15, -0.1) is 0 Å². The van der Waals surface area contributed by atoms with Crippen LogP contribution in [0.2, 0.25) is 0 Å². The fraction of sp³-hybridized carbons (Fsp3) is 0.593. The topological polar surface area (TPSA) is 77.0 Å². The summed E-state index contributed by atoms with van der Waals surface area (Å²) < 4.78 is 45.2. The summed E-state index contributed by atoms with van der Waals surface area (Å²) in [5.74, 6) is 1.75. The predicted molar refractivity (Wildman–Crippen MR) is 133 cm³/mol. The van der Waals surface area contributed by atoms with Crippen LogP contribution in [0.4, 0.5) is 14.7 Å². The molecule has 1 aromatic carbocycles. The van der Waals surface area contributed by atoms with Crippen molar-refractivity contribution < 1.29 is 27.8 Å². The molecular formula is C27H34F2N4O4. The number of aromatic nitrogens is 2. The smallest absolute Gasteiger partial charge is 0.227 e. The lowest BCUT2D eigenvalue weighted by Gasteiger charge is -2.32. The van der Waals surface area contributed by atoms with E-state index in [4.69, 9.17) is 14.2 Å². The molecule has 1 amide bonds. The Kier molecular flexibility index (Phi) is 8.02. The second kappa shape index (κ2) is 11.6. The molecule has 37 heavy (non-hydrogen) atoms. The highest BCUT2D eigenvalue weighted by atomic mass is 19.1. The zero-order chi connectivity index (χ0) is 25.8. The minimum Gasteiger partial charge on any atom is -0.494 e. The number of nitrogens with zero attached hydrogens (tertiary/aromatic N) is 4. The van der Waals surface area contributed by atoms with Crippen molar-refractivity contribution >= 4 is 11.9 Å². The van der Waals surface area contributed by atoms with E-state index >= 15 is 0 Å². The molecule has 8 nitrogen and oxygen atoms in total. The quantitative estimate of drug-likeness (QED) is 0.505. The number of carbonyl (C=O) groups is 1. The van der Waals surface area contributed by atoms with Crippen molar-refractivity contribution in [1.82, 2.24) is 14.9 Å². The summed E-state index contributed by atoms with van der Waals surface area (Å²) in [4.78, 5) is 25.0. The van der Waals surface area contributed by atoms with Crippen molar-refractivity contribution in [2.24, 2.45) is 17.8 Å². The molecule has 3 heterocycles. The van der Waals surface area contributed by atoms with E-state index in [-0.39, 0.29) is 23.6 Å². The Hall–Kier alpha value is -3.01. The Bertz CT molecular complexity index is 1050. The lowest BCUT2D eigenvalue weighted by molar-refractivity contribution is -0.134. The lowest BCUT2D eigenvalue weighted by Crippen LogP contribution is -2.41. The van der Waals surface area contributed by atoms with Gasteiger partial charge < -0.3 is 24.0 Å². The molecular weight excluding hydrogens is 482 g/mol. The number of amides is 1. The van der Waals surface area contributed by atoms with Gasteiger partial charge in [0.1, 0.15) is 17.4 Å². The van der Waals surface area contributed by atoms with Crippen LogP contribution in [0.1, 0.15) is 31.2 Å². The van der Waals surface area contributed by atoms with Crippen LogP contribution in [0.3, 0.4) is 0 Å². The molecule has 1 aromatic heterocycles. The van der Waals surface area contributed by atoms with Gasteiger partial charge in [-0.1, -0.05) is 0 Å². The number of anilines is 1. The highest BCUT2D eigenvalue weighted by Gasteiger charge is 2.43. The summed E-state index contributed by atoms with van der Waals surface area (Å²) >= 11 is 0. The number of carbonyl (C=O) groups excluding carboxylic acids is 1. The fourth-order valence-corrected chi connectivity index (χ4v) is 5.52. The van der Waals surface area contributed by atoms with E-state index in [1.807, 2.05) is 0 Å². The molecule has 3 aliphatic rings. The van der Waals surface area contributed by atoms with Gasteiger partial charge in [0.15, 0.2) is 5.75 Å². The van der Waals surface area contributed by atoms with E-state index in [9.17, 15) is 13.6 Å². The Morgan fingerprint density at radius 3 is 2.38 bits per heavy atom. The number of morpholine rings is 1. The number of piperidine rings is 1. The highest BCUT2D eigenvalue weighted by Crippen LogP contribution is 2.49. The van der Waals surface area contributed by atoms with Crippen LogP contribution in [0.5, 0.6) is 11.5 Å². The Balaban J connectivity index is 1.04. The Morgan fingerprint density at radius 2 is 1.73 bits per heavy atom. The monoisotopic (exact) mass is 516 g/mol. The van der Waals surface area contributed by atoms with Crippen LogP contribution in [0.15, 0.2) is 24.5 Å². The van der Waals surface area contributed by atoms with E-state index in [2.05, 4.69) is 14.9 Å². The first kappa shape index (κ1) is 25.6. The molecule has 2 saturated heterocycles. The van der Waals surface area contributed by atoms with E-state index in [0.717, 1.165) is 38.3 Å². The van der Waals surface area contributed by atoms with Crippen molar-refractivity contribution in [2.45, 2.75) is 32.1 Å². The molecule has 3 fully saturated rings. The van der Waals surface area contributed by atoms with Crippen LogP contribution >= 0.6 is 0 Å². The molecule has 0 spiro atoms. The summed E-state index contributed by atoms with van der Waals surface area (Å²) in [6.07, 6.45) is 7.36. The number of methoxy groups -OCH3 is 1. The average molecular weight is 517 g/mol. The molecule has 10 heteroatoms. The number of hydrogen-bond donors (Lipinski definition) is 0. The fourth-order valence-electron chi connectivity index (χ4n) is 5.52. The van der Waals surface area contributed by atoms with E-state index in [0.29, 0.717) is 56.4 Å². The van der Waals surface area contributed by atoms with Crippen LogP contribution in [0.25, 0.3) is 0 Å². The van der Waals surface area contributed by atoms with Crippen LogP contribution in [0, 0.1) is 29.4 Å². The van der Waals surface area contributed by atoms with Crippen molar-refractivity contribution in [2.75, 3.05) is 58.0 Å². The van der Waals surface area contributed by atoms with Crippen LogP contribution in [-0.4, -0.2) is 73.9 Å². The standard InChI is InChI=1S/C27H34F2N4O4/c1-35-21-16-30-27(31-17-21)33-5-2-18(3-6-33)22-12-19(22)4-9-37-20-13-24(28)23(25(29)14-20)15-26(34)32-7-10-36-11-8-32/h13-14,16-19,22H,2-12,15H2,1H3. The minimum absolute atomic E-state index is 0.169. The average Bonchev–Trinajstić information content (AvgIpc) is 3.71. The molecule has 1 aliphatic carbocycles. The van der Waals surface area contributed by atoms with Gasteiger partial charge in [0, 0.05) is 43.9 Å². The Labute approximate surface area is 215 Å². The molecule has 2 unspecified atom stereocenters. The summed E-state index contributed by atoms with van der Waals surface area (Å²) in [6, 6.07) is 2.37. The van der Waals surface area contributed by atoms with Gasteiger partial charge in [-0.05, 0) is 43.4 Å². The first-order chi connectivity index (χ1) is 18.0. The van der Waals surface area contributed by atoms with Crippen molar-refractivity contribution in [1.29, 1.82) is 0 Å². The van der Waals surface area contributed by atoms with Gasteiger partial charge in [-0.25, -0.2) is 18.7 Å². The normalized spacial score (nSPS) is 22.1. The lowest BCUT2D eigenvalue weighted by atomic mass is 9.90. The van der Waals surface area contributed by atoms with Gasteiger partial charge in [-0.2, -0.15) is 0 Å². The molecule has 0 N–H and O–H groups in total. The van der Waals surface area contributed by atoms with E-state index in [1.54, 1.807) is 24.4 Å². The summed E-state index contributed by atoms with van der Waals surface area (Å²) in [5, 5.41) is 0. The summed E-state index contributed by atoms with van der Waals surface area (Å²) in [6.45, 7) is 4.09. The third-order valence-corrected chi connectivity index (χ3v) is 7.82. The highest BCUT2D eigenvalue weighted by molar-refractivity contribution is 5.79. The molecule has 2 atom stereocenters. The van der Waals surface area contributed by atoms with Gasteiger partial charge in [0.05, 0.1) is 45.7 Å². The van der Waals surface area contributed by atoms with Gasteiger partial charge >= 0.3 is 0 Å². The molecule has 2 aromatic rings. The van der Waals surface area contributed by atoms with Crippen molar-refractivity contribution in [3.63, 3.8) is 0 Å². The predicted octanol–water partition coefficient (Wildman–Crippen LogP) is 3.49. The molecule has 200 valence electrons. The second-order valence-corrected chi connectivity index (χ2v) is 10.1. The molecule has 1 saturated carbocycles. The third kappa shape index (κ3) is 6.29. The van der Waals surface area contributed by atoms with Crippen LogP contribution < -0.4 is 14.4 Å². The van der Waals surface area contributed by atoms with E-state index < -0.39 is 11.6 Å². The van der Waals surface area contributed by atoms with Crippen molar-refractivity contribution in [3.8, 4) is 11.5 Å². The number of halogens is 2. The molecule has 5 rings (SSSR count). The summed E-state index contributed by atoms with van der Waals surface area (Å²) in [7, 11) is 1.60. The molecule has 0 bridgehead atoms. The minimum atomic E-state index is -0.742. The van der Waals surface area contributed by atoms with Crippen molar-refractivity contribution in [3.05, 3.63) is 41.7 Å². The third-order valence-electron chi connectivity index (χ3n) is 7.82. The number of hydrogen-bond acceptors (Lipinski definition) is 7. The molecule has 2 aliphatic heterocycles. The van der Waals surface area contributed by atoms with Crippen LogP contribution in [-0.2, 0) is 16.0 Å². The first-order valence-electron chi connectivity index (χ1n) is 13.1. The maximum atomic E-state index is 14.6. The largest absolute Gasteiger partial charge is 0.494 e. The zero-order valence-electron chi connectivity index (χ0n) is 21.2. The maximum absolute atomic E-state index is 14.6. The summed E-state index contributed by atoms with van der Waals surface area (Å²) in [5.41, 5.74) is -0.211. The molecule has 0 radical (unpaired) electrons. The number of rotatable bonds is 9. The number of benzene rings is 1. The first-order valence-corrected chi connectivity index (χ1v) is 13.1. The number of ether oxygens (including phenoxy) is 3. The zero-order valence-corrected chi connectivity index (χ0v) is 21.2.